The van der Waals surface area contributed by atoms with Gasteiger partial charge in [0.05, 0.1) is 0 Å². The number of hydrogen-bond acceptors (Lipinski definition) is 2. The van der Waals surface area contributed by atoms with Gasteiger partial charge in [0.1, 0.15) is 0 Å². The molecule has 0 saturated carbocycles. The monoisotopic (exact) mass is 135 g/mol. The summed E-state index contributed by atoms with van der Waals surface area (Å²) in [5.41, 5.74) is 1.10. The zero-order chi connectivity index (χ0) is 6.97. The summed E-state index contributed by atoms with van der Waals surface area (Å²) in [5.74, 6) is 0.610. The lowest BCUT2D eigenvalue weighted by atomic mass is 9.99. The van der Waals surface area contributed by atoms with Gasteiger partial charge >= 0.3 is 0 Å². The summed E-state index contributed by atoms with van der Waals surface area (Å²) in [6.07, 6.45) is 6.46. The van der Waals surface area contributed by atoms with Crippen molar-refractivity contribution in [2.45, 2.75) is 6.42 Å². The molecule has 2 aliphatic rings. The van der Waals surface area contributed by atoms with Gasteiger partial charge in [-0.3, -0.25) is 4.79 Å². The number of allylic oxidation sites excluding steroid dienone is 3. The molecule has 0 radical (unpaired) electrons. The van der Waals surface area contributed by atoms with Crippen LogP contribution in [0.25, 0.3) is 0 Å². The molecular formula is C8H9NO. The van der Waals surface area contributed by atoms with Crippen LogP contribution in [-0.4, -0.2) is 12.3 Å². The number of rotatable bonds is 0. The highest BCUT2D eigenvalue weighted by atomic mass is 16.1. The van der Waals surface area contributed by atoms with E-state index in [1.807, 2.05) is 6.08 Å². The van der Waals surface area contributed by atoms with E-state index in [2.05, 4.69) is 5.32 Å². The average molecular weight is 135 g/mol. The van der Waals surface area contributed by atoms with E-state index in [0.717, 1.165) is 18.7 Å². The van der Waals surface area contributed by atoms with Gasteiger partial charge in [0.15, 0.2) is 5.78 Å². The Kier molecular flexibility index (Phi) is 1.13. The second-order valence-corrected chi connectivity index (χ2v) is 2.68. The molecule has 1 unspecified atom stereocenters. The molecule has 2 rings (SSSR count). The summed E-state index contributed by atoms with van der Waals surface area (Å²) in [6, 6.07) is 0. The van der Waals surface area contributed by atoms with Crippen LogP contribution in [0.4, 0.5) is 0 Å². The van der Waals surface area contributed by atoms with Crippen molar-refractivity contribution in [2.75, 3.05) is 6.54 Å². The Morgan fingerprint density at radius 3 is 3.40 bits per heavy atom. The van der Waals surface area contributed by atoms with Gasteiger partial charge in [0.25, 0.3) is 0 Å². The molecule has 1 atom stereocenters. The van der Waals surface area contributed by atoms with E-state index in [-0.39, 0.29) is 5.78 Å². The van der Waals surface area contributed by atoms with E-state index < -0.39 is 0 Å². The molecule has 2 nitrogen and oxygen atoms in total. The summed E-state index contributed by atoms with van der Waals surface area (Å²) in [6.45, 7) is 1.01. The van der Waals surface area contributed by atoms with Crippen LogP contribution in [0.5, 0.6) is 0 Å². The topological polar surface area (TPSA) is 29.1 Å². The van der Waals surface area contributed by atoms with E-state index in [4.69, 9.17) is 0 Å². The van der Waals surface area contributed by atoms with E-state index in [9.17, 15) is 4.79 Å². The van der Waals surface area contributed by atoms with Gasteiger partial charge < -0.3 is 5.32 Å². The minimum Gasteiger partial charge on any atom is -0.388 e. The average Bonchev–Trinajstić information content (AvgIpc) is 2.33. The Morgan fingerprint density at radius 1 is 1.60 bits per heavy atom. The van der Waals surface area contributed by atoms with Crippen LogP contribution in [-0.2, 0) is 4.79 Å². The molecule has 0 aromatic rings. The first-order chi connectivity index (χ1) is 4.86. The maximum Gasteiger partial charge on any atom is 0.180 e. The molecular weight excluding hydrogens is 126 g/mol. The summed E-state index contributed by atoms with van der Waals surface area (Å²) in [4.78, 5) is 10.8. The Bertz CT molecular complexity index is 227. The lowest BCUT2D eigenvalue weighted by Gasteiger charge is -2.08. The first-order valence-electron chi connectivity index (χ1n) is 3.54. The summed E-state index contributed by atoms with van der Waals surface area (Å²) in [5, 5.41) is 3.18. The van der Waals surface area contributed by atoms with Crippen molar-refractivity contribution in [1.29, 1.82) is 0 Å². The van der Waals surface area contributed by atoms with Gasteiger partial charge in [-0.2, -0.15) is 0 Å². The number of carbonyl (C=O) groups excluding carboxylic acids is 1. The van der Waals surface area contributed by atoms with Gasteiger partial charge in [-0.25, -0.2) is 0 Å². The number of ketones is 1. The first kappa shape index (κ1) is 5.71. The van der Waals surface area contributed by atoms with Crippen molar-refractivity contribution >= 4 is 5.78 Å². The predicted molar refractivity (Wildman–Crippen MR) is 38.3 cm³/mol. The highest BCUT2D eigenvalue weighted by Crippen LogP contribution is 2.22. The fraction of sp³-hybridized carbons (Fsp3) is 0.375. The van der Waals surface area contributed by atoms with Crippen LogP contribution in [0.2, 0.25) is 0 Å². The van der Waals surface area contributed by atoms with Gasteiger partial charge in [-0.05, 0) is 12.5 Å². The van der Waals surface area contributed by atoms with Crippen molar-refractivity contribution in [3.8, 4) is 0 Å². The number of carbonyl (C=O) groups is 1. The molecule has 1 aliphatic heterocycles. The van der Waals surface area contributed by atoms with Crippen molar-refractivity contribution in [3.05, 3.63) is 23.9 Å². The SMILES string of the molecule is O=C1C=CC2CCNC2=C1. The van der Waals surface area contributed by atoms with Gasteiger partial charge in [-0.15, -0.1) is 0 Å². The first-order valence-corrected chi connectivity index (χ1v) is 3.54. The molecule has 1 aliphatic carbocycles. The Hall–Kier alpha value is -1.05. The summed E-state index contributed by atoms with van der Waals surface area (Å²) < 4.78 is 0. The van der Waals surface area contributed by atoms with Crippen LogP contribution in [0.1, 0.15) is 6.42 Å². The number of fused-ring (bicyclic) bond motifs is 1. The maximum atomic E-state index is 10.8. The third kappa shape index (κ3) is 0.764. The van der Waals surface area contributed by atoms with Gasteiger partial charge in [-0.1, -0.05) is 6.08 Å². The Labute approximate surface area is 59.6 Å². The molecule has 1 saturated heterocycles. The fourth-order valence-corrected chi connectivity index (χ4v) is 1.43. The van der Waals surface area contributed by atoms with E-state index >= 15 is 0 Å². The molecule has 0 aromatic heterocycles. The fourth-order valence-electron chi connectivity index (χ4n) is 1.43. The molecule has 0 aromatic carbocycles. The summed E-state index contributed by atoms with van der Waals surface area (Å²) in [7, 11) is 0. The minimum absolute atomic E-state index is 0.112. The van der Waals surface area contributed by atoms with Crippen LogP contribution in [0, 0.1) is 5.92 Å². The normalized spacial score (nSPS) is 29.4. The lowest BCUT2D eigenvalue weighted by Crippen LogP contribution is -2.11. The third-order valence-electron chi connectivity index (χ3n) is 1.97. The number of nitrogens with one attached hydrogen (secondary N) is 1. The quantitative estimate of drug-likeness (QED) is 0.527. The molecule has 1 heterocycles. The Balaban J connectivity index is 2.30. The predicted octanol–water partition coefficient (Wildman–Crippen LogP) is 0.619. The van der Waals surface area contributed by atoms with Gasteiger partial charge in [0, 0.05) is 24.2 Å². The molecule has 10 heavy (non-hydrogen) atoms. The zero-order valence-electron chi connectivity index (χ0n) is 5.63. The van der Waals surface area contributed by atoms with Crippen LogP contribution in [0.15, 0.2) is 23.9 Å². The van der Waals surface area contributed by atoms with Crippen LogP contribution >= 0.6 is 0 Å². The second kappa shape index (κ2) is 1.97. The number of hydrogen-bond donors (Lipinski definition) is 1. The molecule has 0 amide bonds. The largest absolute Gasteiger partial charge is 0.388 e. The molecule has 1 N–H and O–H groups in total. The minimum atomic E-state index is 0.112. The molecule has 52 valence electrons. The van der Waals surface area contributed by atoms with Crippen molar-refractivity contribution in [2.24, 2.45) is 5.92 Å². The third-order valence-corrected chi connectivity index (χ3v) is 1.97. The van der Waals surface area contributed by atoms with Crippen molar-refractivity contribution in [1.82, 2.24) is 5.32 Å². The van der Waals surface area contributed by atoms with Crippen LogP contribution < -0.4 is 5.32 Å². The highest BCUT2D eigenvalue weighted by Gasteiger charge is 2.20. The Morgan fingerprint density at radius 2 is 2.50 bits per heavy atom. The molecule has 0 bridgehead atoms. The smallest absolute Gasteiger partial charge is 0.180 e. The van der Waals surface area contributed by atoms with Crippen molar-refractivity contribution in [3.63, 3.8) is 0 Å². The molecule has 2 heteroatoms. The van der Waals surface area contributed by atoms with Crippen LogP contribution in [0.3, 0.4) is 0 Å². The molecule has 1 fully saturated rings. The highest BCUT2D eigenvalue weighted by molar-refractivity contribution is 6.00. The zero-order valence-corrected chi connectivity index (χ0v) is 5.63. The lowest BCUT2D eigenvalue weighted by molar-refractivity contribution is -0.110. The maximum absolute atomic E-state index is 10.8. The van der Waals surface area contributed by atoms with E-state index in [0.29, 0.717) is 5.92 Å². The van der Waals surface area contributed by atoms with Crippen molar-refractivity contribution < 1.29 is 4.79 Å². The second-order valence-electron chi connectivity index (χ2n) is 2.68. The molecule has 0 spiro atoms. The van der Waals surface area contributed by atoms with E-state index in [1.54, 1.807) is 12.2 Å². The summed E-state index contributed by atoms with van der Waals surface area (Å²) >= 11 is 0. The van der Waals surface area contributed by atoms with Gasteiger partial charge in [0.2, 0.25) is 0 Å². The van der Waals surface area contributed by atoms with E-state index in [1.165, 1.54) is 0 Å². The standard InChI is InChI=1S/C8H9NO/c10-7-2-1-6-3-4-9-8(6)5-7/h1-2,5-6,9H,3-4H2.